The minimum atomic E-state index is 0.848. The average Bonchev–Trinajstić information content (AvgIpc) is 2.66. The lowest BCUT2D eigenvalue weighted by Crippen LogP contribution is -2.26. The van der Waals surface area contributed by atoms with E-state index in [1.54, 1.807) is 11.3 Å². The molecule has 1 fully saturated rings. The molecule has 4 heteroatoms. The van der Waals surface area contributed by atoms with Crippen LogP contribution in [0.25, 0.3) is 0 Å². The van der Waals surface area contributed by atoms with Crippen molar-refractivity contribution in [3.8, 4) is 0 Å². The fraction of sp³-hybridized carbons (Fsp3) is 0.636. The lowest BCUT2D eigenvalue weighted by molar-refractivity contribution is 0.598. The van der Waals surface area contributed by atoms with E-state index in [2.05, 4.69) is 44.5 Å². The first-order valence-electron chi connectivity index (χ1n) is 5.40. The summed E-state index contributed by atoms with van der Waals surface area (Å²) in [6.45, 7) is 2.18. The van der Waals surface area contributed by atoms with Crippen LogP contribution in [0.15, 0.2) is 15.2 Å². The maximum Gasteiger partial charge on any atom is 0.0701 e. The van der Waals surface area contributed by atoms with Gasteiger partial charge in [-0.3, -0.25) is 0 Å². The molecule has 1 saturated heterocycles. The highest BCUT2D eigenvalue weighted by molar-refractivity contribution is 9.11. The number of thioether (sulfide) groups is 1. The summed E-state index contributed by atoms with van der Waals surface area (Å²) < 4.78 is 1.23. The minimum absolute atomic E-state index is 0.848. The van der Waals surface area contributed by atoms with Crippen molar-refractivity contribution in [1.82, 2.24) is 5.32 Å². The van der Waals surface area contributed by atoms with Crippen molar-refractivity contribution in [3.05, 3.63) is 20.8 Å². The van der Waals surface area contributed by atoms with Crippen molar-refractivity contribution in [2.75, 3.05) is 12.3 Å². The lowest BCUT2D eigenvalue weighted by atomic mass is 10.2. The van der Waals surface area contributed by atoms with E-state index in [0.29, 0.717) is 0 Å². The van der Waals surface area contributed by atoms with Crippen LogP contribution in [-0.2, 0) is 6.54 Å². The normalized spacial score (nSPS) is 21.8. The van der Waals surface area contributed by atoms with Crippen LogP contribution < -0.4 is 5.32 Å². The molecule has 1 aromatic heterocycles. The average molecular weight is 306 g/mol. The predicted octanol–water partition coefficient (Wildman–Crippen LogP) is 3.89. The van der Waals surface area contributed by atoms with Gasteiger partial charge >= 0.3 is 0 Å². The van der Waals surface area contributed by atoms with Crippen LogP contribution in [0.4, 0.5) is 0 Å². The predicted molar refractivity (Wildman–Crippen MR) is 73.8 cm³/mol. The molecule has 15 heavy (non-hydrogen) atoms. The molecular formula is C11H16BrNS2. The molecular weight excluding hydrogens is 290 g/mol. The number of hydrogen-bond donors (Lipinski definition) is 1. The molecule has 1 unspecified atom stereocenters. The Hall–Kier alpha value is 0.490. The summed E-state index contributed by atoms with van der Waals surface area (Å²) in [5.74, 6) is 1.36. The maximum absolute atomic E-state index is 3.55. The number of halogens is 1. The second kappa shape index (κ2) is 6.28. The zero-order valence-electron chi connectivity index (χ0n) is 8.67. The van der Waals surface area contributed by atoms with Crippen LogP contribution in [0.3, 0.4) is 0 Å². The zero-order chi connectivity index (χ0) is 10.5. The van der Waals surface area contributed by atoms with E-state index in [4.69, 9.17) is 0 Å². The van der Waals surface area contributed by atoms with Gasteiger partial charge in [0.2, 0.25) is 0 Å². The molecule has 0 saturated carbocycles. The number of thiophene rings is 1. The van der Waals surface area contributed by atoms with Crippen molar-refractivity contribution in [3.63, 3.8) is 0 Å². The number of rotatable bonds is 4. The molecule has 0 radical (unpaired) electrons. The van der Waals surface area contributed by atoms with Crippen LogP contribution in [0.5, 0.6) is 0 Å². The molecule has 0 aliphatic carbocycles. The molecule has 1 nitrogen and oxygen atoms in total. The molecule has 0 aromatic carbocycles. The highest BCUT2D eigenvalue weighted by Gasteiger charge is 2.12. The third-order valence-electron chi connectivity index (χ3n) is 2.60. The molecule has 1 aliphatic heterocycles. The molecule has 2 rings (SSSR count). The van der Waals surface area contributed by atoms with Gasteiger partial charge in [0, 0.05) is 18.3 Å². The van der Waals surface area contributed by atoms with E-state index in [9.17, 15) is 0 Å². The van der Waals surface area contributed by atoms with Gasteiger partial charge in [-0.2, -0.15) is 11.8 Å². The van der Waals surface area contributed by atoms with Crippen LogP contribution in [0, 0.1) is 0 Å². The molecule has 1 N–H and O–H groups in total. The van der Waals surface area contributed by atoms with Gasteiger partial charge in [0.05, 0.1) is 3.79 Å². The van der Waals surface area contributed by atoms with Gasteiger partial charge in [0.25, 0.3) is 0 Å². The summed E-state index contributed by atoms with van der Waals surface area (Å²) in [6, 6.07) is 2.20. The highest BCUT2D eigenvalue weighted by Crippen LogP contribution is 2.24. The van der Waals surface area contributed by atoms with Crippen molar-refractivity contribution in [1.29, 1.82) is 0 Å². The Morgan fingerprint density at radius 3 is 3.07 bits per heavy atom. The second-order valence-electron chi connectivity index (χ2n) is 3.88. The van der Waals surface area contributed by atoms with E-state index in [0.717, 1.165) is 18.3 Å². The summed E-state index contributed by atoms with van der Waals surface area (Å²) in [4.78, 5) is 0. The van der Waals surface area contributed by atoms with Gasteiger partial charge in [-0.25, -0.2) is 0 Å². The van der Waals surface area contributed by atoms with Gasteiger partial charge in [0.1, 0.15) is 0 Å². The summed E-state index contributed by atoms with van der Waals surface area (Å²) in [6.07, 6.45) is 4.23. The SMILES string of the molecule is Brc1cc(CNCC2CCCCS2)cs1. The van der Waals surface area contributed by atoms with Gasteiger partial charge in [0.15, 0.2) is 0 Å². The van der Waals surface area contributed by atoms with Crippen LogP contribution in [-0.4, -0.2) is 17.5 Å². The Bertz CT molecular complexity index is 295. The number of hydrogen-bond acceptors (Lipinski definition) is 3. The Labute approximate surface area is 108 Å². The fourth-order valence-corrected chi connectivity index (χ4v) is 4.27. The van der Waals surface area contributed by atoms with Crippen molar-refractivity contribution in [2.24, 2.45) is 0 Å². The molecule has 0 amide bonds. The maximum atomic E-state index is 3.55. The second-order valence-corrected chi connectivity index (χ2v) is 7.58. The Balaban J connectivity index is 1.65. The van der Waals surface area contributed by atoms with Crippen LogP contribution >= 0.6 is 39.0 Å². The summed E-state index contributed by atoms with van der Waals surface area (Å²) >= 11 is 7.38. The highest BCUT2D eigenvalue weighted by atomic mass is 79.9. The van der Waals surface area contributed by atoms with Crippen molar-refractivity contribution in [2.45, 2.75) is 31.1 Å². The van der Waals surface area contributed by atoms with Gasteiger partial charge < -0.3 is 5.32 Å². The van der Waals surface area contributed by atoms with E-state index >= 15 is 0 Å². The van der Waals surface area contributed by atoms with E-state index in [-0.39, 0.29) is 0 Å². The van der Waals surface area contributed by atoms with Crippen molar-refractivity contribution >= 4 is 39.0 Å². The van der Waals surface area contributed by atoms with Crippen LogP contribution in [0.1, 0.15) is 24.8 Å². The molecule has 84 valence electrons. The summed E-state index contributed by atoms with van der Waals surface area (Å²) in [5, 5.41) is 6.61. The molecule has 1 atom stereocenters. The summed E-state index contributed by atoms with van der Waals surface area (Å²) in [5.41, 5.74) is 1.40. The first-order valence-corrected chi connectivity index (χ1v) is 8.12. The molecule has 1 aromatic rings. The zero-order valence-corrected chi connectivity index (χ0v) is 11.9. The van der Waals surface area contributed by atoms with E-state index < -0.39 is 0 Å². The minimum Gasteiger partial charge on any atom is -0.312 e. The van der Waals surface area contributed by atoms with Crippen molar-refractivity contribution < 1.29 is 0 Å². The third-order valence-corrected chi connectivity index (χ3v) is 5.55. The smallest absolute Gasteiger partial charge is 0.0701 e. The largest absolute Gasteiger partial charge is 0.312 e. The van der Waals surface area contributed by atoms with Crippen LogP contribution in [0.2, 0.25) is 0 Å². The molecule has 1 aliphatic rings. The third kappa shape index (κ3) is 4.10. The fourth-order valence-electron chi connectivity index (χ4n) is 1.78. The standard InChI is InChI=1S/C11H16BrNS2/c12-11-5-9(8-15-11)6-13-7-10-3-1-2-4-14-10/h5,8,10,13H,1-4,6-7H2. The van der Waals surface area contributed by atoms with E-state index in [1.807, 2.05) is 0 Å². The Kier molecular flexibility index (Phi) is 5.01. The quantitative estimate of drug-likeness (QED) is 0.906. The monoisotopic (exact) mass is 305 g/mol. The molecule has 0 spiro atoms. The first kappa shape index (κ1) is 12.0. The van der Waals surface area contributed by atoms with Gasteiger partial charge in [-0.05, 0) is 51.5 Å². The molecule has 0 bridgehead atoms. The van der Waals surface area contributed by atoms with E-state index in [1.165, 1.54) is 34.4 Å². The van der Waals surface area contributed by atoms with Gasteiger partial charge in [-0.1, -0.05) is 6.42 Å². The summed E-state index contributed by atoms with van der Waals surface area (Å²) in [7, 11) is 0. The Morgan fingerprint density at radius 2 is 2.40 bits per heavy atom. The number of nitrogens with one attached hydrogen (secondary N) is 1. The molecule has 2 heterocycles. The first-order chi connectivity index (χ1) is 7.34. The lowest BCUT2D eigenvalue weighted by Gasteiger charge is -2.21. The Morgan fingerprint density at radius 1 is 1.47 bits per heavy atom. The van der Waals surface area contributed by atoms with Gasteiger partial charge in [-0.15, -0.1) is 11.3 Å². The topological polar surface area (TPSA) is 12.0 Å².